The van der Waals surface area contributed by atoms with Gasteiger partial charge in [-0.05, 0) is 31.9 Å². The van der Waals surface area contributed by atoms with Crippen molar-refractivity contribution in [1.29, 1.82) is 0 Å². The normalized spacial score (nSPS) is 11.1. The highest BCUT2D eigenvalue weighted by Gasteiger charge is 2.22. The van der Waals surface area contributed by atoms with Crippen LogP contribution in [0.4, 0.5) is 0 Å². The summed E-state index contributed by atoms with van der Waals surface area (Å²) in [6, 6.07) is 3.72. The van der Waals surface area contributed by atoms with Crippen LogP contribution in [0.25, 0.3) is 11.5 Å². The molecular weight excluding hydrogens is 322 g/mol. The highest BCUT2D eigenvalue weighted by Crippen LogP contribution is 2.21. The van der Waals surface area contributed by atoms with E-state index in [-0.39, 0.29) is 18.4 Å². The lowest BCUT2D eigenvalue weighted by Crippen LogP contribution is -2.24. The molecule has 0 bridgehead atoms. The number of carbonyl (C=O) groups excluding carboxylic acids is 1. The maximum Gasteiger partial charge on any atom is 0.257 e. The maximum atomic E-state index is 12.4. The molecule has 130 valence electrons. The summed E-state index contributed by atoms with van der Waals surface area (Å²) in [4.78, 5) is 16.6. The fourth-order valence-electron chi connectivity index (χ4n) is 2.34. The first-order valence-electron chi connectivity index (χ1n) is 7.95. The van der Waals surface area contributed by atoms with Gasteiger partial charge in [0.2, 0.25) is 11.8 Å². The molecule has 0 aromatic carbocycles. The van der Waals surface area contributed by atoms with Gasteiger partial charge in [-0.3, -0.25) is 9.78 Å². The van der Waals surface area contributed by atoms with Gasteiger partial charge in [-0.25, -0.2) is 0 Å². The molecule has 0 aliphatic rings. The second kappa shape index (κ2) is 6.84. The van der Waals surface area contributed by atoms with Crippen molar-refractivity contribution in [2.24, 2.45) is 0 Å². The molecule has 1 amide bonds. The number of carbonyl (C=O) groups is 1. The minimum atomic E-state index is -0.279. The Morgan fingerprint density at radius 1 is 1.24 bits per heavy atom. The average molecular weight is 341 g/mol. The summed E-state index contributed by atoms with van der Waals surface area (Å²) in [5, 5.41) is 14.6. The summed E-state index contributed by atoms with van der Waals surface area (Å²) in [5.74, 6) is 0.963. The van der Waals surface area contributed by atoms with Crippen LogP contribution in [0.3, 0.4) is 0 Å². The quantitative estimate of drug-likeness (QED) is 0.760. The third-order valence-electron chi connectivity index (χ3n) is 3.69. The largest absolute Gasteiger partial charge is 0.419 e. The van der Waals surface area contributed by atoms with Gasteiger partial charge in [0.05, 0.1) is 17.8 Å². The molecular formula is C17H19N5O3. The molecule has 0 aliphatic carbocycles. The second-order valence-electron chi connectivity index (χ2n) is 6.03. The van der Waals surface area contributed by atoms with Crippen LogP contribution >= 0.6 is 0 Å². The molecule has 0 atom stereocenters. The number of nitrogens with one attached hydrogen (secondary N) is 1. The Morgan fingerprint density at radius 3 is 2.72 bits per heavy atom. The molecule has 3 heterocycles. The van der Waals surface area contributed by atoms with E-state index in [9.17, 15) is 4.79 Å². The van der Waals surface area contributed by atoms with E-state index in [1.54, 1.807) is 13.1 Å². The molecule has 0 fully saturated rings. The van der Waals surface area contributed by atoms with Crippen molar-refractivity contribution < 1.29 is 13.7 Å². The van der Waals surface area contributed by atoms with Crippen molar-refractivity contribution in [2.45, 2.75) is 40.2 Å². The molecule has 0 spiro atoms. The fraction of sp³-hybridized carbons (Fsp3) is 0.353. The second-order valence-corrected chi connectivity index (χ2v) is 6.03. The lowest BCUT2D eigenvalue weighted by molar-refractivity contribution is 0.0944. The lowest BCUT2D eigenvalue weighted by Gasteiger charge is -2.05. The average Bonchev–Trinajstić information content (AvgIpc) is 3.20. The van der Waals surface area contributed by atoms with Crippen LogP contribution in [0.5, 0.6) is 0 Å². The zero-order valence-corrected chi connectivity index (χ0v) is 14.5. The highest BCUT2D eigenvalue weighted by atomic mass is 16.5. The predicted octanol–water partition coefficient (Wildman–Crippen LogP) is 2.79. The van der Waals surface area contributed by atoms with Crippen molar-refractivity contribution in [3.63, 3.8) is 0 Å². The van der Waals surface area contributed by atoms with E-state index >= 15 is 0 Å². The van der Waals surface area contributed by atoms with Crippen molar-refractivity contribution in [2.75, 3.05) is 0 Å². The Labute approximate surface area is 144 Å². The Balaban J connectivity index is 1.69. The van der Waals surface area contributed by atoms with E-state index in [2.05, 4.69) is 25.7 Å². The minimum absolute atomic E-state index is 0.0854. The number of pyridine rings is 1. The van der Waals surface area contributed by atoms with Gasteiger partial charge in [0.1, 0.15) is 11.3 Å². The van der Waals surface area contributed by atoms with Gasteiger partial charge in [0, 0.05) is 11.9 Å². The Bertz CT molecular complexity index is 880. The molecule has 8 nitrogen and oxygen atoms in total. The molecule has 0 unspecified atom stereocenters. The zero-order valence-electron chi connectivity index (χ0n) is 14.5. The summed E-state index contributed by atoms with van der Waals surface area (Å²) < 4.78 is 10.7. The molecule has 8 heteroatoms. The van der Waals surface area contributed by atoms with Crippen LogP contribution in [0.2, 0.25) is 0 Å². The summed E-state index contributed by atoms with van der Waals surface area (Å²) in [6.07, 6.45) is 1.67. The molecule has 1 N–H and O–H groups in total. The molecule has 0 radical (unpaired) electrons. The van der Waals surface area contributed by atoms with E-state index in [0.717, 1.165) is 11.3 Å². The van der Waals surface area contributed by atoms with E-state index in [1.807, 2.05) is 32.9 Å². The SMILES string of the molecule is Cc1ccc(-c2nnc(CNC(=O)c3c(C(C)C)noc3C)o2)cn1. The van der Waals surface area contributed by atoms with Gasteiger partial charge < -0.3 is 14.3 Å². The third kappa shape index (κ3) is 3.57. The van der Waals surface area contributed by atoms with Gasteiger partial charge in [-0.1, -0.05) is 19.0 Å². The van der Waals surface area contributed by atoms with Gasteiger partial charge in [0.25, 0.3) is 5.91 Å². The van der Waals surface area contributed by atoms with E-state index in [0.29, 0.717) is 28.8 Å². The summed E-state index contributed by atoms with van der Waals surface area (Å²) in [6.45, 7) is 7.63. The molecule has 0 saturated carbocycles. The number of rotatable bonds is 5. The molecule has 0 aliphatic heterocycles. The Kier molecular flexibility index (Phi) is 4.60. The number of aromatic nitrogens is 4. The van der Waals surface area contributed by atoms with Crippen LogP contribution < -0.4 is 5.32 Å². The predicted molar refractivity (Wildman–Crippen MR) is 88.8 cm³/mol. The van der Waals surface area contributed by atoms with Crippen LogP contribution in [0, 0.1) is 13.8 Å². The fourth-order valence-corrected chi connectivity index (χ4v) is 2.34. The maximum absolute atomic E-state index is 12.4. The van der Waals surface area contributed by atoms with Crippen LogP contribution in [-0.2, 0) is 6.54 Å². The standard InChI is InChI=1S/C17H19N5O3/c1-9(2)15-14(11(4)25-22-15)16(23)19-8-13-20-21-17(24-13)12-6-5-10(3)18-7-12/h5-7,9H,8H2,1-4H3,(H,19,23). The number of aryl methyl sites for hydroxylation is 2. The Hall–Kier alpha value is -3.03. The molecule has 3 aromatic heterocycles. The number of hydrogen-bond donors (Lipinski definition) is 1. The first-order chi connectivity index (χ1) is 12.0. The van der Waals surface area contributed by atoms with Crippen LogP contribution in [-0.4, -0.2) is 26.2 Å². The number of nitrogens with zero attached hydrogens (tertiary/aromatic N) is 4. The van der Waals surface area contributed by atoms with E-state index in [1.165, 1.54) is 0 Å². The van der Waals surface area contributed by atoms with Crippen LogP contribution in [0.1, 0.15) is 53.2 Å². The molecule has 0 saturated heterocycles. The number of hydrogen-bond acceptors (Lipinski definition) is 7. The van der Waals surface area contributed by atoms with Gasteiger partial charge in [-0.2, -0.15) is 0 Å². The van der Waals surface area contributed by atoms with Gasteiger partial charge >= 0.3 is 0 Å². The van der Waals surface area contributed by atoms with E-state index < -0.39 is 0 Å². The molecule has 3 rings (SSSR count). The Morgan fingerprint density at radius 2 is 2.04 bits per heavy atom. The monoisotopic (exact) mass is 341 g/mol. The topological polar surface area (TPSA) is 107 Å². The van der Waals surface area contributed by atoms with Gasteiger partial charge in [-0.15, -0.1) is 10.2 Å². The smallest absolute Gasteiger partial charge is 0.257 e. The summed E-state index contributed by atoms with van der Waals surface area (Å²) >= 11 is 0. The molecule has 3 aromatic rings. The van der Waals surface area contributed by atoms with Crippen LogP contribution in [0.15, 0.2) is 27.3 Å². The lowest BCUT2D eigenvalue weighted by atomic mass is 10.0. The first-order valence-corrected chi connectivity index (χ1v) is 7.95. The zero-order chi connectivity index (χ0) is 18.0. The summed E-state index contributed by atoms with van der Waals surface area (Å²) in [7, 11) is 0. The van der Waals surface area contributed by atoms with Crippen molar-refractivity contribution in [3.05, 3.63) is 46.9 Å². The van der Waals surface area contributed by atoms with E-state index in [4.69, 9.17) is 8.94 Å². The number of amides is 1. The first kappa shape index (κ1) is 16.8. The third-order valence-corrected chi connectivity index (χ3v) is 3.69. The van der Waals surface area contributed by atoms with Gasteiger partial charge in [0.15, 0.2) is 0 Å². The molecule has 25 heavy (non-hydrogen) atoms. The minimum Gasteiger partial charge on any atom is -0.419 e. The van der Waals surface area contributed by atoms with Crippen molar-refractivity contribution >= 4 is 5.91 Å². The summed E-state index contributed by atoms with van der Waals surface area (Å²) in [5.41, 5.74) is 2.72. The van der Waals surface area contributed by atoms with Crippen molar-refractivity contribution in [3.8, 4) is 11.5 Å². The highest BCUT2D eigenvalue weighted by molar-refractivity contribution is 5.96. The van der Waals surface area contributed by atoms with Crippen molar-refractivity contribution in [1.82, 2.24) is 25.7 Å².